The molecule has 1 saturated heterocycles. The summed E-state index contributed by atoms with van der Waals surface area (Å²) in [5.74, 6) is -2.90. The molecule has 28 heavy (non-hydrogen) atoms. The number of aromatic carboxylic acids is 1. The molecule has 1 heterocycles. The molecule has 0 bridgehead atoms. The summed E-state index contributed by atoms with van der Waals surface area (Å²) in [4.78, 5) is 37.0. The molecule has 0 saturated carbocycles. The summed E-state index contributed by atoms with van der Waals surface area (Å²) in [7, 11) is 0. The van der Waals surface area contributed by atoms with Gasteiger partial charge in [-0.15, -0.1) is 0 Å². The summed E-state index contributed by atoms with van der Waals surface area (Å²) in [6.45, 7) is -0.352. The van der Waals surface area contributed by atoms with E-state index in [2.05, 4.69) is 5.32 Å². The number of hydrogen-bond donors (Lipinski definition) is 1. The van der Waals surface area contributed by atoms with Gasteiger partial charge in [-0.05, 0) is 29.8 Å². The molecule has 0 aromatic heterocycles. The van der Waals surface area contributed by atoms with Crippen LogP contribution >= 0.6 is 24.0 Å². The fraction of sp³-hybridized carbons (Fsp3) is 0.0526. The van der Waals surface area contributed by atoms with E-state index in [-0.39, 0.29) is 32.6 Å². The summed E-state index contributed by atoms with van der Waals surface area (Å²) in [6.07, 6.45) is 1.38. The zero-order valence-corrected chi connectivity index (χ0v) is 15.8. The molecule has 1 aliphatic heterocycles. The van der Waals surface area contributed by atoms with Crippen LogP contribution in [0.1, 0.15) is 15.9 Å². The van der Waals surface area contributed by atoms with Crippen LogP contribution < -0.4 is 10.4 Å². The molecule has 142 valence electrons. The number of rotatable bonds is 5. The van der Waals surface area contributed by atoms with Crippen molar-refractivity contribution in [3.63, 3.8) is 0 Å². The molecule has 0 radical (unpaired) electrons. The molecule has 2 amide bonds. The Hall–Kier alpha value is -3.04. The summed E-state index contributed by atoms with van der Waals surface area (Å²) in [5.41, 5.74) is 0.404. The van der Waals surface area contributed by atoms with E-state index < -0.39 is 23.6 Å². The van der Waals surface area contributed by atoms with E-state index in [1.165, 1.54) is 48.5 Å². The van der Waals surface area contributed by atoms with Crippen LogP contribution in [-0.4, -0.2) is 33.5 Å². The fourth-order valence-corrected chi connectivity index (χ4v) is 3.68. The van der Waals surface area contributed by atoms with Gasteiger partial charge in [0.25, 0.3) is 5.91 Å². The Morgan fingerprint density at radius 3 is 2.68 bits per heavy atom. The number of thioether (sulfide) groups is 1. The van der Waals surface area contributed by atoms with Crippen LogP contribution in [0, 0.1) is 5.82 Å². The minimum absolute atomic E-state index is 0.0868. The van der Waals surface area contributed by atoms with E-state index in [0.29, 0.717) is 0 Å². The van der Waals surface area contributed by atoms with Gasteiger partial charge in [0.05, 0.1) is 10.9 Å². The number of thiocarbonyl (C=S) groups is 1. The third kappa shape index (κ3) is 4.44. The van der Waals surface area contributed by atoms with Gasteiger partial charge in [0, 0.05) is 11.3 Å². The van der Waals surface area contributed by atoms with Crippen LogP contribution in [0.2, 0.25) is 0 Å². The maximum Gasteiger partial charge on any atom is 0.266 e. The summed E-state index contributed by atoms with van der Waals surface area (Å²) in [6, 6.07) is 11.5. The van der Waals surface area contributed by atoms with Crippen molar-refractivity contribution in [1.29, 1.82) is 0 Å². The summed E-state index contributed by atoms with van der Waals surface area (Å²) < 4.78 is 14.0. The maximum atomic E-state index is 13.8. The van der Waals surface area contributed by atoms with Crippen LogP contribution in [0.15, 0.2) is 53.4 Å². The highest BCUT2D eigenvalue weighted by molar-refractivity contribution is 8.26. The van der Waals surface area contributed by atoms with Crippen molar-refractivity contribution in [3.8, 4) is 0 Å². The molecular formula is C19H12FN2O4S2-. The predicted octanol–water partition coefficient (Wildman–Crippen LogP) is 2.03. The van der Waals surface area contributed by atoms with Gasteiger partial charge in [0.15, 0.2) is 0 Å². The lowest BCUT2D eigenvalue weighted by Gasteiger charge is -2.14. The van der Waals surface area contributed by atoms with E-state index in [9.17, 15) is 23.9 Å². The molecule has 0 aliphatic carbocycles. The van der Waals surface area contributed by atoms with Gasteiger partial charge in [-0.2, -0.15) is 0 Å². The van der Waals surface area contributed by atoms with Crippen LogP contribution in [-0.2, 0) is 9.59 Å². The molecule has 6 nitrogen and oxygen atoms in total. The topological polar surface area (TPSA) is 89.5 Å². The highest BCUT2D eigenvalue weighted by atomic mass is 32.2. The average Bonchev–Trinajstić information content (AvgIpc) is 2.91. The first-order valence-electron chi connectivity index (χ1n) is 7.96. The number of halogens is 1. The fourth-order valence-electron chi connectivity index (χ4n) is 2.44. The molecular weight excluding hydrogens is 403 g/mol. The van der Waals surface area contributed by atoms with Crippen LogP contribution in [0.25, 0.3) is 6.08 Å². The van der Waals surface area contributed by atoms with Gasteiger partial charge >= 0.3 is 0 Å². The molecule has 1 aliphatic rings. The van der Waals surface area contributed by atoms with Gasteiger partial charge < -0.3 is 15.2 Å². The molecule has 2 aromatic carbocycles. The number of carbonyl (C=O) groups excluding carboxylic acids is 3. The lowest BCUT2D eigenvalue weighted by Crippen LogP contribution is -2.36. The molecule has 1 fully saturated rings. The quantitative estimate of drug-likeness (QED) is 0.594. The Morgan fingerprint density at radius 1 is 1.21 bits per heavy atom. The van der Waals surface area contributed by atoms with E-state index in [4.69, 9.17) is 12.2 Å². The van der Waals surface area contributed by atoms with Crippen LogP contribution in [0.3, 0.4) is 0 Å². The predicted molar refractivity (Wildman–Crippen MR) is 106 cm³/mol. The van der Waals surface area contributed by atoms with Gasteiger partial charge in [-0.1, -0.05) is 54.3 Å². The highest BCUT2D eigenvalue weighted by Crippen LogP contribution is 2.32. The third-order valence-electron chi connectivity index (χ3n) is 3.75. The number of carboxylic acids is 1. The second-order valence-corrected chi connectivity index (χ2v) is 7.38. The number of carboxylic acid groups (broad SMARTS) is 1. The smallest absolute Gasteiger partial charge is 0.266 e. The number of nitrogens with zero attached hydrogens (tertiary/aromatic N) is 1. The molecule has 0 spiro atoms. The maximum absolute atomic E-state index is 13.8. The summed E-state index contributed by atoms with van der Waals surface area (Å²) >= 11 is 6.13. The molecule has 0 atom stereocenters. The number of nitrogens with one attached hydrogen (secondary N) is 1. The minimum atomic E-state index is -1.37. The van der Waals surface area contributed by atoms with Gasteiger partial charge in [-0.3, -0.25) is 14.5 Å². The first-order chi connectivity index (χ1) is 13.3. The Labute approximate surface area is 169 Å². The molecule has 0 unspecified atom stereocenters. The lowest BCUT2D eigenvalue weighted by atomic mass is 10.2. The SMILES string of the molecule is O=C(CN1C(=O)/C(=C/c2ccccc2F)SC1=S)Nc1cccc(C(=O)[O-])c1. The Morgan fingerprint density at radius 2 is 1.96 bits per heavy atom. The number of amides is 2. The first-order valence-corrected chi connectivity index (χ1v) is 9.19. The van der Waals surface area contributed by atoms with Crippen molar-refractivity contribution < 1.29 is 23.9 Å². The minimum Gasteiger partial charge on any atom is -0.545 e. The van der Waals surface area contributed by atoms with E-state index in [1.54, 1.807) is 6.07 Å². The molecule has 2 aromatic rings. The Bertz CT molecular complexity index is 1020. The zero-order valence-electron chi connectivity index (χ0n) is 14.2. The third-order valence-corrected chi connectivity index (χ3v) is 5.13. The largest absolute Gasteiger partial charge is 0.545 e. The van der Waals surface area contributed by atoms with Crippen molar-refractivity contribution in [3.05, 3.63) is 70.4 Å². The normalized spacial score (nSPS) is 15.2. The van der Waals surface area contributed by atoms with Crippen molar-refractivity contribution in [2.75, 3.05) is 11.9 Å². The number of benzene rings is 2. The van der Waals surface area contributed by atoms with E-state index >= 15 is 0 Å². The Kier molecular flexibility index (Phi) is 5.86. The van der Waals surface area contributed by atoms with Gasteiger partial charge in [0.1, 0.15) is 16.7 Å². The van der Waals surface area contributed by atoms with Crippen molar-refractivity contribution in [2.45, 2.75) is 0 Å². The number of anilines is 1. The van der Waals surface area contributed by atoms with Crippen molar-refractivity contribution in [1.82, 2.24) is 4.90 Å². The number of hydrogen-bond acceptors (Lipinski definition) is 6. The highest BCUT2D eigenvalue weighted by Gasteiger charge is 2.33. The standard InChI is InChI=1S/C19H13FN2O4S2/c20-14-7-2-1-4-11(14)9-15-17(24)22(19(27)28-15)10-16(23)21-13-6-3-5-12(8-13)18(25)26/h1-9H,10H2,(H,21,23)(H,25,26)/p-1/b15-9-. The molecule has 1 N–H and O–H groups in total. The monoisotopic (exact) mass is 415 g/mol. The average molecular weight is 415 g/mol. The molecule has 3 rings (SSSR count). The van der Waals surface area contributed by atoms with E-state index in [0.717, 1.165) is 16.7 Å². The van der Waals surface area contributed by atoms with Crippen molar-refractivity contribution >= 4 is 57.8 Å². The van der Waals surface area contributed by atoms with Gasteiger partial charge in [-0.25, -0.2) is 4.39 Å². The second-order valence-electron chi connectivity index (χ2n) is 5.71. The molecule has 9 heteroatoms. The lowest BCUT2D eigenvalue weighted by molar-refractivity contribution is -0.255. The van der Waals surface area contributed by atoms with Gasteiger partial charge in [0.2, 0.25) is 5.91 Å². The Balaban J connectivity index is 1.71. The zero-order chi connectivity index (χ0) is 20.3. The van der Waals surface area contributed by atoms with E-state index in [1.807, 2.05) is 0 Å². The second kappa shape index (κ2) is 8.32. The summed E-state index contributed by atoms with van der Waals surface area (Å²) in [5, 5.41) is 13.4. The van der Waals surface area contributed by atoms with Crippen LogP contribution in [0.4, 0.5) is 10.1 Å². The van der Waals surface area contributed by atoms with Crippen molar-refractivity contribution in [2.24, 2.45) is 0 Å². The first kappa shape index (κ1) is 19.7. The number of carbonyl (C=O) groups is 3. The van der Waals surface area contributed by atoms with Crippen LogP contribution in [0.5, 0.6) is 0 Å².